The van der Waals surface area contributed by atoms with Gasteiger partial charge in [-0.05, 0) is 68.0 Å². The number of benzene rings is 2. The molecule has 1 amide bonds. The van der Waals surface area contributed by atoms with Crippen LogP contribution in [0.2, 0.25) is 0 Å². The van der Waals surface area contributed by atoms with E-state index in [1.165, 1.54) is 0 Å². The molecule has 1 N–H and O–H groups in total. The van der Waals surface area contributed by atoms with Gasteiger partial charge in [-0.25, -0.2) is 0 Å². The minimum Gasteiger partial charge on any atom is -0.508 e. The fraction of sp³-hybridized carbons (Fsp3) is 0.500. The molecule has 2 fully saturated rings. The van der Waals surface area contributed by atoms with Crippen molar-refractivity contribution in [2.24, 2.45) is 5.92 Å². The Morgan fingerprint density at radius 1 is 1.23 bits per heavy atom. The third-order valence-electron chi connectivity index (χ3n) is 8.13. The van der Waals surface area contributed by atoms with E-state index in [1.54, 1.807) is 6.07 Å². The number of phenols is 1. The summed E-state index contributed by atoms with van der Waals surface area (Å²) in [5.74, 6) is 0.740. The molecule has 2 aromatic rings. The Bertz CT molecular complexity index is 1020. The van der Waals surface area contributed by atoms with Gasteiger partial charge in [0, 0.05) is 43.8 Å². The van der Waals surface area contributed by atoms with Crippen LogP contribution in [0.25, 0.3) is 0 Å². The van der Waals surface area contributed by atoms with E-state index in [0.29, 0.717) is 5.92 Å². The Kier molecular flexibility index (Phi) is 7.67. The molecule has 1 aliphatic carbocycles. The van der Waals surface area contributed by atoms with Gasteiger partial charge < -0.3 is 14.7 Å². The van der Waals surface area contributed by atoms with Crippen molar-refractivity contribution in [2.75, 3.05) is 33.3 Å². The van der Waals surface area contributed by atoms with E-state index >= 15 is 0 Å². The number of fused-ring (bicyclic) bond motifs is 1. The molecule has 5 nitrogen and oxygen atoms in total. The van der Waals surface area contributed by atoms with Crippen molar-refractivity contribution in [2.45, 2.75) is 56.6 Å². The molecule has 1 aliphatic heterocycles. The number of carbonyl (C=O) groups is 1. The number of hydrogen-bond donors (Lipinski definition) is 1. The van der Waals surface area contributed by atoms with Gasteiger partial charge in [-0.15, -0.1) is 6.58 Å². The number of likely N-dealkylation sites (tertiary alicyclic amines) is 1. The first-order valence-corrected chi connectivity index (χ1v) is 12.9. The second kappa shape index (κ2) is 10.5. The molecular formula is C30H40N2O3. The lowest BCUT2D eigenvalue weighted by atomic mass is 9.55. The fourth-order valence-electron chi connectivity index (χ4n) is 6.51. The van der Waals surface area contributed by atoms with Gasteiger partial charge in [0.2, 0.25) is 0 Å². The first-order chi connectivity index (χ1) is 16.8. The molecule has 4 rings (SSSR count). The fourth-order valence-corrected chi connectivity index (χ4v) is 6.51. The molecule has 35 heavy (non-hydrogen) atoms. The Morgan fingerprint density at radius 3 is 2.66 bits per heavy atom. The van der Waals surface area contributed by atoms with Crippen LogP contribution in [0.4, 0.5) is 0 Å². The number of phenolic OH excluding ortho intramolecular Hbond substituents is 1. The van der Waals surface area contributed by atoms with Gasteiger partial charge in [0.25, 0.3) is 5.91 Å². The van der Waals surface area contributed by atoms with E-state index in [2.05, 4.69) is 36.3 Å². The summed E-state index contributed by atoms with van der Waals surface area (Å²) in [6.07, 6.45) is 5.43. The van der Waals surface area contributed by atoms with Crippen LogP contribution in [-0.2, 0) is 10.2 Å². The van der Waals surface area contributed by atoms with Crippen molar-refractivity contribution in [3.63, 3.8) is 0 Å². The summed E-state index contributed by atoms with van der Waals surface area (Å²) < 4.78 is 6.45. The predicted molar refractivity (Wildman–Crippen MR) is 141 cm³/mol. The largest absolute Gasteiger partial charge is 0.508 e. The number of ether oxygens (including phenoxy) is 1. The number of methoxy groups -OCH3 is 1. The highest BCUT2D eigenvalue weighted by molar-refractivity contribution is 5.94. The van der Waals surface area contributed by atoms with Gasteiger partial charge >= 0.3 is 0 Å². The molecule has 1 saturated heterocycles. The lowest BCUT2D eigenvalue weighted by Gasteiger charge is -2.60. The SMILES string of the molecule is C=CCN1CCC2(c3cccc(O)c3)CC(N(CC(C)C)C(=O)c3ccccc3)CCC2(OC)C1. The van der Waals surface area contributed by atoms with Crippen molar-refractivity contribution >= 4 is 5.91 Å². The van der Waals surface area contributed by atoms with Crippen molar-refractivity contribution in [3.05, 3.63) is 78.4 Å². The molecule has 1 saturated carbocycles. The van der Waals surface area contributed by atoms with Crippen LogP contribution < -0.4 is 0 Å². The first-order valence-electron chi connectivity index (χ1n) is 12.9. The van der Waals surface area contributed by atoms with Gasteiger partial charge in [0.15, 0.2) is 0 Å². The number of piperidine rings is 1. The monoisotopic (exact) mass is 476 g/mol. The Balaban J connectivity index is 1.76. The topological polar surface area (TPSA) is 53.0 Å². The van der Waals surface area contributed by atoms with E-state index in [4.69, 9.17) is 4.74 Å². The standard InChI is InChI=1S/C30H40N2O3/c1-5-17-31-18-16-29(25-12-9-13-27(33)19-25)20-26(14-15-30(29,22-31)35-4)32(21-23(2)3)28(34)24-10-7-6-8-11-24/h5-13,19,23,26,33H,1,14-18,20-22H2,2-4H3. The molecule has 0 radical (unpaired) electrons. The minimum absolute atomic E-state index is 0.0988. The van der Waals surface area contributed by atoms with Crippen molar-refractivity contribution in [3.8, 4) is 5.75 Å². The van der Waals surface area contributed by atoms with Gasteiger partial charge in [-0.3, -0.25) is 9.69 Å². The van der Waals surface area contributed by atoms with Crippen molar-refractivity contribution in [1.82, 2.24) is 9.80 Å². The van der Waals surface area contributed by atoms with Gasteiger partial charge in [0.1, 0.15) is 5.75 Å². The summed E-state index contributed by atoms with van der Waals surface area (Å²) >= 11 is 0. The van der Waals surface area contributed by atoms with Gasteiger partial charge in [-0.1, -0.05) is 50.3 Å². The third-order valence-corrected chi connectivity index (χ3v) is 8.13. The second-order valence-electron chi connectivity index (χ2n) is 10.7. The van der Waals surface area contributed by atoms with Crippen molar-refractivity contribution < 1.29 is 14.6 Å². The molecule has 2 aliphatic rings. The molecule has 188 valence electrons. The van der Waals surface area contributed by atoms with Gasteiger partial charge in [-0.2, -0.15) is 0 Å². The zero-order chi connectivity index (χ0) is 25.1. The molecule has 3 unspecified atom stereocenters. The summed E-state index contributed by atoms with van der Waals surface area (Å²) in [6, 6.07) is 17.4. The number of hydrogen-bond acceptors (Lipinski definition) is 4. The molecule has 5 heteroatoms. The van der Waals surface area contributed by atoms with Crippen LogP contribution >= 0.6 is 0 Å². The van der Waals surface area contributed by atoms with E-state index in [0.717, 1.165) is 63.0 Å². The van der Waals surface area contributed by atoms with E-state index in [9.17, 15) is 9.90 Å². The Hall–Kier alpha value is -2.63. The zero-order valence-electron chi connectivity index (χ0n) is 21.5. The number of aromatic hydroxyl groups is 1. The van der Waals surface area contributed by atoms with Crippen molar-refractivity contribution in [1.29, 1.82) is 0 Å². The predicted octanol–water partition coefficient (Wildman–Crippen LogP) is 5.26. The third kappa shape index (κ3) is 4.89. The number of amides is 1. The zero-order valence-corrected chi connectivity index (χ0v) is 21.5. The Labute approximate surface area is 210 Å². The van der Waals surface area contributed by atoms with Crippen LogP contribution in [0.15, 0.2) is 67.3 Å². The summed E-state index contributed by atoms with van der Waals surface area (Å²) in [5.41, 5.74) is 1.16. The van der Waals surface area contributed by atoms with Crippen LogP contribution in [0, 0.1) is 5.92 Å². The summed E-state index contributed by atoms with van der Waals surface area (Å²) in [4.78, 5) is 18.3. The normalized spacial score (nSPS) is 26.8. The quantitative estimate of drug-likeness (QED) is 0.528. The molecule has 2 aromatic carbocycles. The molecule has 0 spiro atoms. The van der Waals surface area contributed by atoms with E-state index in [1.807, 2.05) is 55.7 Å². The molecule has 0 aromatic heterocycles. The van der Waals surface area contributed by atoms with E-state index in [-0.39, 0.29) is 23.1 Å². The molecular weight excluding hydrogens is 436 g/mol. The first kappa shape index (κ1) is 25.5. The number of rotatable bonds is 8. The Morgan fingerprint density at radius 2 is 2.00 bits per heavy atom. The number of nitrogens with zero attached hydrogens (tertiary/aromatic N) is 2. The minimum atomic E-state index is -0.391. The van der Waals surface area contributed by atoms with Gasteiger partial charge in [0.05, 0.1) is 5.60 Å². The summed E-state index contributed by atoms with van der Waals surface area (Å²) in [5, 5.41) is 10.4. The molecule has 1 heterocycles. The highest BCUT2D eigenvalue weighted by Gasteiger charge is 2.59. The van der Waals surface area contributed by atoms with Crippen LogP contribution in [0.3, 0.4) is 0 Å². The maximum atomic E-state index is 13.8. The molecule has 0 bridgehead atoms. The van der Waals surface area contributed by atoms with Crippen LogP contribution in [0.5, 0.6) is 5.75 Å². The highest BCUT2D eigenvalue weighted by atomic mass is 16.5. The second-order valence-corrected chi connectivity index (χ2v) is 10.7. The van der Waals surface area contributed by atoms with Crippen LogP contribution in [-0.4, -0.2) is 65.7 Å². The smallest absolute Gasteiger partial charge is 0.254 e. The van der Waals surface area contributed by atoms with Crippen LogP contribution in [0.1, 0.15) is 55.5 Å². The summed E-state index contributed by atoms with van der Waals surface area (Å²) in [7, 11) is 1.83. The average molecular weight is 477 g/mol. The maximum Gasteiger partial charge on any atom is 0.254 e. The summed E-state index contributed by atoms with van der Waals surface area (Å²) in [6.45, 7) is 11.6. The number of carbonyl (C=O) groups excluding carboxylic acids is 1. The lowest BCUT2D eigenvalue weighted by Crippen LogP contribution is -2.68. The maximum absolute atomic E-state index is 13.8. The van der Waals surface area contributed by atoms with E-state index < -0.39 is 5.60 Å². The highest BCUT2D eigenvalue weighted by Crippen LogP contribution is 2.54. The average Bonchev–Trinajstić information content (AvgIpc) is 2.87. The lowest BCUT2D eigenvalue weighted by molar-refractivity contribution is -0.153. The molecule has 3 atom stereocenters.